The first-order chi connectivity index (χ1) is 11.8. The molecule has 0 aliphatic rings. The minimum absolute atomic E-state index is 1.03. The van der Waals surface area contributed by atoms with Gasteiger partial charge in [0, 0.05) is 16.5 Å². The molecule has 0 amide bonds. The molecule has 0 unspecified atom stereocenters. The highest BCUT2D eigenvalue weighted by molar-refractivity contribution is 5.94. The fourth-order valence-corrected chi connectivity index (χ4v) is 2.86. The average Bonchev–Trinajstić information content (AvgIpc) is 3.01. The zero-order valence-corrected chi connectivity index (χ0v) is 13.5. The monoisotopic (exact) mass is 307 g/mol. The Morgan fingerprint density at radius 2 is 1.42 bits per heavy atom. The van der Waals surface area contributed by atoms with Crippen molar-refractivity contribution in [3.63, 3.8) is 0 Å². The first-order valence-corrected chi connectivity index (χ1v) is 8.06. The second-order valence-electron chi connectivity index (χ2n) is 5.90. The van der Waals surface area contributed by atoms with Crippen molar-refractivity contribution in [3.05, 3.63) is 95.6 Å². The molecule has 1 N–H and O–H groups in total. The Balaban J connectivity index is 1.89. The molecular weight excluding hydrogens is 290 g/mol. The number of nitrogens with one attached hydrogen (secondary N) is 1. The van der Waals surface area contributed by atoms with Crippen LogP contribution in [0.1, 0.15) is 16.7 Å². The van der Waals surface area contributed by atoms with Crippen molar-refractivity contribution in [3.8, 4) is 23.1 Å². The summed E-state index contributed by atoms with van der Waals surface area (Å²) in [5, 5.41) is 1.16. The van der Waals surface area contributed by atoms with E-state index in [4.69, 9.17) is 0 Å². The number of benzene rings is 3. The van der Waals surface area contributed by atoms with Gasteiger partial charge in [-0.05, 0) is 30.7 Å². The molecule has 0 fully saturated rings. The second-order valence-corrected chi connectivity index (χ2v) is 5.90. The fourth-order valence-electron chi connectivity index (χ4n) is 2.86. The van der Waals surface area contributed by atoms with Gasteiger partial charge in [-0.2, -0.15) is 0 Å². The van der Waals surface area contributed by atoms with Gasteiger partial charge in [-0.3, -0.25) is 0 Å². The van der Waals surface area contributed by atoms with Crippen molar-refractivity contribution in [2.75, 3.05) is 0 Å². The van der Waals surface area contributed by atoms with Gasteiger partial charge in [0.2, 0.25) is 0 Å². The Kier molecular flexibility index (Phi) is 3.65. The lowest BCUT2D eigenvalue weighted by Crippen LogP contribution is -1.82. The molecule has 0 bridgehead atoms. The topological polar surface area (TPSA) is 15.8 Å². The van der Waals surface area contributed by atoms with Crippen molar-refractivity contribution in [2.45, 2.75) is 6.92 Å². The summed E-state index contributed by atoms with van der Waals surface area (Å²) in [6, 6.07) is 27.0. The standard InChI is InChI=1S/C23H17N/c1-17-11-13-18(14-12-17)15-16-21-20-9-5-6-10-22(20)24-23(21)19-7-3-2-4-8-19/h2-14,24H,1H3. The number of aromatic nitrogens is 1. The molecule has 3 aromatic carbocycles. The third-order valence-corrected chi connectivity index (χ3v) is 4.15. The van der Waals surface area contributed by atoms with Crippen molar-refractivity contribution >= 4 is 10.9 Å². The number of rotatable bonds is 1. The summed E-state index contributed by atoms with van der Waals surface area (Å²) in [5.74, 6) is 6.70. The van der Waals surface area contributed by atoms with E-state index in [1.54, 1.807) is 0 Å². The molecule has 0 spiro atoms. The van der Waals surface area contributed by atoms with Crippen LogP contribution in [0.2, 0.25) is 0 Å². The number of aryl methyl sites for hydroxylation is 1. The highest BCUT2D eigenvalue weighted by atomic mass is 14.7. The fraction of sp³-hybridized carbons (Fsp3) is 0.0435. The van der Waals surface area contributed by atoms with Crippen molar-refractivity contribution in [1.29, 1.82) is 0 Å². The van der Waals surface area contributed by atoms with Crippen LogP contribution in [0.25, 0.3) is 22.2 Å². The maximum atomic E-state index is 3.52. The van der Waals surface area contributed by atoms with Gasteiger partial charge in [-0.25, -0.2) is 0 Å². The van der Waals surface area contributed by atoms with E-state index in [9.17, 15) is 0 Å². The van der Waals surface area contributed by atoms with Crippen LogP contribution in [0.3, 0.4) is 0 Å². The Morgan fingerprint density at radius 3 is 2.21 bits per heavy atom. The van der Waals surface area contributed by atoms with Crippen LogP contribution in [0, 0.1) is 18.8 Å². The zero-order chi connectivity index (χ0) is 16.4. The first kappa shape index (κ1) is 14.4. The molecule has 0 radical (unpaired) electrons. The summed E-state index contributed by atoms with van der Waals surface area (Å²) in [6.07, 6.45) is 0. The van der Waals surface area contributed by atoms with E-state index in [-0.39, 0.29) is 0 Å². The van der Waals surface area contributed by atoms with Crippen molar-refractivity contribution in [2.24, 2.45) is 0 Å². The molecule has 0 aliphatic heterocycles. The smallest absolute Gasteiger partial charge is 0.0624 e. The summed E-state index contributed by atoms with van der Waals surface area (Å²) >= 11 is 0. The Morgan fingerprint density at radius 1 is 0.708 bits per heavy atom. The number of aromatic amines is 1. The lowest BCUT2D eigenvalue weighted by Gasteiger charge is -1.99. The minimum Gasteiger partial charge on any atom is -0.353 e. The number of para-hydroxylation sites is 1. The SMILES string of the molecule is Cc1ccc(C#Cc2c(-c3ccccc3)[nH]c3ccccc23)cc1. The number of H-pyrrole nitrogens is 1. The maximum Gasteiger partial charge on any atom is 0.0624 e. The molecule has 24 heavy (non-hydrogen) atoms. The van der Waals surface area contributed by atoms with E-state index < -0.39 is 0 Å². The summed E-state index contributed by atoms with van der Waals surface area (Å²) in [6.45, 7) is 2.09. The number of hydrogen-bond donors (Lipinski definition) is 1. The molecule has 114 valence electrons. The summed E-state index contributed by atoms with van der Waals surface area (Å²) < 4.78 is 0. The van der Waals surface area contributed by atoms with Crippen LogP contribution in [-0.2, 0) is 0 Å². The normalized spacial score (nSPS) is 10.4. The van der Waals surface area contributed by atoms with Gasteiger partial charge in [0.1, 0.15) is 0 Å². The van der Waals surface area contributed by atoms with E-state index in [1.165, 1.54) is 5.56 Å². The first-order valence-electron chi connectivity index (χ1n) is 8.06. The van der Waals surface area contributed by atoms with Crippen LogP contribution in [0.15, 0.2) is 78.9 Å². The molecule has 1 aromatic heterocycles. The third-order valence-electron chi connectivity index (χ3n) is 4.15. The highest BCUT2D eigenvalue weighted by Crippen LogP contribution is 2.29. The van der Waals surface area contributed by atoms with Gasteiger partial charge < -0.3 is 4.98 Å². The third kappa shape index (κ3) is 2.71. The maximum absolute atomic E-state index is 3.52. The van der Waals surface area contributed by atoms with E-state index in [0.717, 1.165) is 33.3 Å². The Labute approximate surface area is 142 Å². The second kappa shape index (κ2) is 6.10. The summed E-state index contributed by atoms with van der Waals surface area (Å²) in [7, 11) is 0. The quantitative estimate of drug-likeness (QED) is 0.444. The van der Waals surface area contributed by atoms with E-state index in [2.05, 4.69) is 90.5 Å². The number of fused-ring (bicyclic) bond motifs is 1. The highest BCUT2D eigenvalue weighted by Gasteiger charge is 2.10. The molecule has 0 aliphatic carbocycles. The molecule has 0 saturated heterocycles. The average molecular weight is 307 g/mol. The molecule has 4 aromatic rings. The molecule has 1 nitrogen and oxygen atoms in total. The van der Waals surface area contributed by atoms with Gasteiger partial charge in [-0.1, -0.05) is 78.1 Å². The lowest BCUT2D eigenvalue weighted by atomic mass is 10.0. The van der Waals surface area contributed by atoms with Crippen LogP contribution in [-0.4, -0.2) is 4.98 Å². The summed E-state index contributed by atoms with van der Waals surface area (Å²) in [5.41, 5.74) is 6.68. The molecule has 4 rings (SSSR count). The molecule has 0 saturated carbocycles. The van der Waals surface area contributed by atoms with Crippen LogP contribution < -0.4 is 0 Å². The van der Waals surface area contributed by atoms with Gasteiger partial charge in [0.05, 0.1) is 11.3 Å². The zero-order valence-electron chi connectivity index (χ0n) is 13.5. The van der Waals surface area contributed by atoms with Crippen molar-refractivity contribution < 1.29 is 0 Å². The van der Waals surface area contributed by atoms with E-state index in [1.807, 2.05) is 12.1 Å². The molecular formula is C23H17N. The largest absolute Gasteiger partial charge is 0.353 e. The summed E-state index contributed by atoms with van der Waals surface area (Å²) in [4.78, 5) is 3.52. The van der Waals surface area contributed by atoms with E-state index in [0.29, 0.717) is 0 Å². The van der Waals surface area contributed by atoms with Crippen molar-refractivity contribution in [1.82, 2.24) is 4.98 Å². The van der Waals surface area contributed by atoms with Gasteiger partial charge >= 0.3 is 0 Å². The molecule has 1 heteroatoms. The lowest BCUT2D eigenvalue weighted by molar-refractivity contribution is 1.44. The Bertz CT molecular complexity index is 1040. The van der Waals surface area contributed by atoms with Gasteiger partial charge in [0.15, 0.2) is 0 Å². The predicted octanol–water partition coefficient (Wildman–Crippen LogP) is 5.54. The predicted molar refractivity (Wildman–Crippen MR) is 101 cm³/mol. The number of hydrogen-bond acceptors (Lipinski definition) is 0. The minimum atomic E-state index is 1.03. The molecule has 0 atom stereocenters. The van der Waals surface area contributed by atoms with Crippen LogP contribution >= 0.6 is 0 Å². The van der Waals surface area contributed by atoms with Crippen LogP contribution in [0.4, 0.5) is 0 Å². The Hall–Kier alpha value is -3.24. The van der Waals surface area contributed by atoms with E-state index >= 15 is 0 Å². The van der Waals surface area contributed by atoms with Gasteiger partial charge in [-0.15, -0.1) is 0 Å². The van der Waals surface area contributed by atoms with Crippen LogP contribution in [0.5, 0.6) is 0 Å². The van der Waals surface area contributed by atoms with Gasteiger partial charge in [0.25, 0.3) is 0 Å². The molecule has 1 heterocycles.